The molecule has 0 aromatic carbocycles. The smallest absolute Gasteiger partial charge is 0.408 e. The Hall–Kier alpha value is -3.07. The van der Waals surface area contributed by atoms with Gasteiger partial charge >= 0.3 is 35.9 Å². The van der Waals surface area contributed by atoms with E-state index in [1.807, 2.05) is 0 Å². The number of carbonyl (C=O) groups excluding carboxylic acids is 5. The van der Waals surface area contributed by atoms with E-state index in [1.165, 1.54) is 0 Å². The summed E-state index contributed by atoms with van der Waals surface area (Å²) in [4.78, 5) is 70.8. The molecule has 14 nitrogen and oxygen atoms in total. The van der Waals surface area contributed by atoms with Crippen LogP contribution in [0, 0.1) is 0 Å². The number of esters is 4. The lowest BCUT2D eigenvalue weighted by Gasteiger charge is -2.44. The number of hydrogen-bond donors (Lipinski definition) is 2. The molecule has 15 heteroatoms. The molecule has 1 fully saturated rings. The summed E-state index contributed by atoms with van der Waals surface area (Å²) >= 11 is 0.811. The number of nitrogens with one attached hydrogen (secondary N) is 1. The third-order valence-electron chi connectivity index (χ3n) is 4.36. The highest BCUT2D eigenvalue weighted by Crippen LogP contribution is 2.34. The zero-order valence-electron chi connectivity index (χ0n) is 21.6. The lowest BCUT2D eigenvalue weighted by Crippen LogP contribution is -2.61. The van der Waals surface area contributed by atoms with Crippen molar-refractivity contribution in [3.63, 3.8) is 0 Å². The highest BCUT2D eigenvalue weighted by Gasteiger charge is 2.52. The SMILES string of the molecule is CC(=O)OC[C@H]1O[C@@H](SC[C@H](NC(=O)OC(C)(C)C)C(=O)O)[C@H](OC(C)=O)[C@@H](OC(C)=O)[C@@H]1OC(C)=O. The molecule has 37 heavy (non-hydrogen) atoms. The Balaban J connectivity index is 3.27. The molecule has 0 radical (unpaired) electrons. The summed E-state index contributed by atoms with van der Waals surface area (Å²) in [5.74, 6) is -4.73. The van der Waals surface area contributed by atoms with Crippen LogP contribution < -0.4 is 5.32 Å². The molecule has 1 amide bonds. The Morgan fingerprint density at radius 2 is 1.38 bits per heavy atom. The van der Waals surface area contributed by atoms with E-state index in [4.69, 9.17) is 28.4 Å². The van der Waals surface area contributed by atoms with Gasteiger partial charge in [-0.3, -0.25) is 19.2 Å². The molecular weight excluding hydrogens is 518 g/mol. The Labute approximate surface area is 218 Å². The molecule has 1 aliphatic heterocycles. The van der Waals surface area contributed by atoms with Gasteiger partial charge in [-0.25, -0.2) is 9.59 Å². The molecule has 210 valence electrons. The number of carboxylic acid groups (broad SMARTS) is 1. The second-order valence-corrected chi connectivity index (χ2v) is 10.1. The van der Waals surface area contributed by atoms with Gasteiger partial charge in [0, 0.05) is 33.4 Å². The van der Waals surface area contributed by atoms with Gasteiger partial charge in [-0.15, -0.1) is 11.8 Å². The van der Waals surface area contributed by atoms with Crippen molar-refractivity contribution in [2.45, 2.75) is 90.0 Å². The van der Waals surface area contributed by atoms with E-state index in [9.17, 15) is 33.9 Å². The van der Waals surface area contributed by atoms with Crippen molar-refractivity contribution in [2.75, 3.05) is 12.4 Å². The van der Waals surface area contributed by atoms with Crippen LogP contribution in [-0.4, -0.2) is 94.9 Å². The van der Waals surface area contributed by atoms with E-state index in [2.05, 4.69) is 5.32 Å². The zero-order chi connectivity index (χ0) is 28.5. The van der Waals surface area contributed by atoms with Crippen LogP contribution >= 0.6 is 11.8 Å². The summed E-state index contributed by atoms with van der Waals surface area (Å²) in [6.45, 7) is 8.80. The number of carbonyl (C=O) groups is 6. The van der Waals surface area contributed by atoms with Crippen LogP contribution in [0.3, 0.4) is 0 Å². The number of rotatable bonds is 10. The predicted molar refractivity (Wildman–Crippen MR) is 125 cm³/mol. The van der Waals surface area contributed by atoms with E-state index in [1.54, 1.807) is 20.8 Å². The number of carboxylic acids is 1. The van der Waals surface area contributed by atoms with Crippen molar-refractivity contribution >= 4 is 47.7 Å². The highest BCUT2D eigenvalue weighted by molar-refractivity contribution is 7.99. The summed E-state index contributed by atoms with van der Waals surface area (Å²) in [6, 6.07) is -1.45. The molecule has 0 aromatic heterocycles. The molecule has 0 aromatic rings. The molecule has 0 aliphatic carbocycles. The maximum Gasteiger partial charge on any atom is 0.408 e. The van der Waals surface area contributed by atoms with Crippen molar-refractivity contribution in [3.05, 3.63) is 0 Å². The molecule has 0 saturated carbocycles. The fraction of sp³-hybridized carbons (Fsp3) is 0.727. The molecule has 1 aliphatic rings. The van der Waals surface area contributed by atoms with E-state index in [-0.39, 0.29) is 5.75 Å². The van der Waals surface area contributed by atoms with Crippen LogP contribution in [0.25, 0.3) is 0 Å². The largest absolute Gasteiger partial charge is 0.480 e. The fourth-order valence-corrected chi connectivity index (χ4v) is 4.37. The molecule has 1 saturated heterocycles. The molecule has 2 N–H and O–H groups in total. The number of alkyl carbamates (subject to hydrolysis) is 1. The maximum absolute atomic E-state index is 12.1. The molecule has 0 unspecified atom stereocenters. The Morgan fingerprint density at radius 3 is 1.84 bits per heavy atom. The van der Waals surface area contributed by atoms with Crippen molar-refractivity contribution in [2.24, 2.45) is 0 Å². The first-order chi connectivity index (χ1) is 17.0. The van der Waals surface area contributed by atoms with Gasteiger partial charge in [-0.2, -0.15) is 0 Å². The van der Waals surface area contributed by atoms with Gasteiger partial charge in [-0.1, -0.05) is 0 Å². The Bertz CT molecular complexity index is 871. The first-order valence-corrected chi connectivity index (χ1v) is 12.2. The quantitative estimate of drug-likeness (QED) is 0.286. The van der Waals surface area contributed by atoms with Crippen LogP contribution in [0.5, 0.6) is 0 Å². The fourth-order valence-electron chi connectivity index (χ4n) is 3.14. The number of aliphatic carboxylic acids is 1. The number of amides is 1. The highest BCUT2D eigenvalue weighted by atomic mass is 32.2. The summed E-state index contributed by atoms with van der Waals surface area (Å²) in [5, 5.41) is 11.8. The minimum absolute atomic E-state index is 0.303. The number of hydrogen-bond acceptors (Lipinski definition) is 13. The molecule has 0 bridgehead atoms. The summed E-state index contributed by atoms with van der Waals surface area (Å²) in [7, 11) is 0. The van der Waals surface area contributed by atoms with Crippen LogP contribution in [0.1, 0.15) is 48.5 Å². The second kappa shape index (κ2) is 14.0. The summed E-state index contributed by atoms with van der Waals surface area (Å²) in [6.07, 6.45) is -6.23. The van der Waals surface area contributed by atoms with Gasteiger partial charge in [0.1, 0.15) is 29.8 Å². The topological polar surface area (TPSA) is 190 Å². The minimum Gasteiger partial charge on any atom is -0.480 e. The van der Waals surface area contributed by atoms with Crippen LogP contribution in [0.15, 0.2) is 0 Å². The summed E-state index contributed by atoms with van der Waals surface area (Å²) in [5.41, 5.74) is -2.07. The minimum atomic E-state index is -1.45. The van der Waals surface area contributed by atoms with E-state index < -0.39 is 84.0 Å². The number of thioether (sulfide) groups is 1. The van der Waals surface area contributed by atoms with Gasteiger partial charge in [0.25, 0.3) is 0 Å². The van der Waals surface area contributed by atoms with Crippen molar-refractivity contribution in [1.82, 2.24) is 5.32 Å². The average molecular weight is 552 g/mol. The predicted octanol–water partition coefficient (Wildman–Crippen LogP) is 0.781. The maximum atomic E-state index is 12.1. The molecule has 0 spiro atoms. The normalized spacial score (nSPS) is 24.1. The Morgan fingerprint density at radius 1 is 0.865 bits per heavy atom. The molecule has 1 heterocycles. The molecule has 1 rings (SSSR count). The van der Waals surface area contributed by atoms with Gasteiger partial charge in [0.15, 0.2) is 18.3 Å². The van der Waals surface area contributed by atoms with Crippen molar-refractivity contribution in [1.29, 1.82) is 0 Å². The second-order valence-electron chi connectivity index (χ2n) is 8.94. The van der Waals surface area contributed by atoms with Gasteiger partial charge in [0.05, 0.1) is 0 Å². The van der Waals surface area contributed by atoms with Crippen LogP contribution in [0.2, 0.25) is 0 Å². The van der Waals surface area contributed by atoms with E-state index in [0.29, 0.717) is 0 Å². The molecule has 6 atom stereocenters. The molecular formula is C22H33NO13S. The third-order valence-corrected chi connectivity index (χ3v) is 5.60. The van der Waals surface area contributed by atoms with Gasteiger partial charge in [-0.05, 0) is 20.8 Å². The lowest BCUT2D eigenvalue weighted by molar-refractivity contribution is -0.237. The third kappa shape index (κ3) is 11.7. The van der Waals surface area contributed by atoms with Crippen LogP contribution in [0.4, 0.5) is 4.79 Å². The van der Waals surface area contributed by atoms with E-state index >= 15 is 0 Å². The van der Waals surface area contributed by atoms with Crippen molar-refractivity contribution in [3.8, 4) is 0 Å². The van der Waals surface area contributed by atoms with Gasteiger partial charge < -0.3 is 38.8 Å². The first-order valence-electron chi connectivity index (χ1n) is 11.1. The standard InChI is InChI=1S/C22H33NO13S/c1-10(24)31-8-15-16(32-11(2)25)17(33-12(3)26)18(34-13(4)27)20(35-15)37-9-14(19(28)29)23-21(30)36-22(5,6)7/h14-18,20H,8-9H2,1-7H3,(H,23,30)(H,28,29)/t14-,15+,16+,17-,18+,20-/m0/s1. The van der Waals surface area contributed by atoms with Crippen LogP contribution in [-0.2, 0) is 52.4 Å². The lowest BCUT2D eigenvalue weighted by atomic mass is 9.99. The average Bonchev–Trinajstić information content (AvgIpc) is 2.70. The van der Waals surface area contributed by atoms with Crippen molar-refractivity contribution < 1.29 is 62.3 Å². The first kappa shape index (κ1) is 32.0. The Kier molecular flexibility index (Phi) is 12.1. The summed E-state index contributed by atoms with van der Waals surface area (Å²) < 4.78 is 31.9. The monoisotopic (exact) mass is 551 g/mol. The number of ether oxygens (including phenoxy) is 6. The van der Waals surface area contributed by atoms with Gasteiger partial charge in [0.2, 0.25) is 0 Å². The zero-order valence-corrected chi connectivity index (χ0v) is 22.4. The van der Waals surface area contributed by atoms with E-state index in [0.717, 1.165) is 39.5 Å².